The summed E-state index contributed by atoms with van der Waals surface area (Å²) in [6.45, 7) is 16.6. The van der Waals surface area contributed by atoms with Crippen molar-refractivity contribution < 1.29 is 0 Å². The van der Waals surface area contributed by atoms with Gasteiger partial charge in [-0.2, -0.15) is 0 Å². The van der Waals surface area contributed by atoms with E-state index in [4.69, 9.17) is 0 Å². The van der Waals surface area contributed by atoms with Crippen LogP contribution in [0.4, 0.5) is 0 Å². The van der Waals surface area contributed by atoms with Crippen molar-refractivity contribution in [3.05, 3.63) is 24.3 Å². The molecule has 23 heavy (non-hydrogen) atoms. The van der Waals surface area contributed by atoms with E-state index in [1.54, 1.807) is 0 Å². The van der Waals surface area contributed by atoms with E-state index < -0.39 is 43.0 Å². The molecule has 1 aromatic rings. The zero-order valence-corrected chi connectivity index (χ0v) is 23.1. The van der Waals surface area contributed by atoms with Gasteiger partial charge in [0.15, 0.2) is 0 Å². The zero-order valence-electron chi connectivity index (χ0n) is 16.8. The minimum absolute atomic E-state index is 0.403. The van der Waals surface area contributed by atoms with Crippen molar-refractivity contribution in [1.29, 1.82) is 0 Å². The molecule has 131 valence electrons. The molecule has 0 heterocycles. The molecule has 0 saturated carbocycles. The van der Waals surface area contributed by atoms with Crippen LogP contribution in [-0.2, 0) is 0 Å². The van der Waals surface area contributed by atoms with Gasteiger partial charge in [-0.3, -0.25) is 0 Å². The van der Waals surface area contributed by atoms with Crippen molar-refractivity contribution in [2.24, 2.45) is 0 Å². The molecule has 0 spiro atoms. The first-order chi connectivity index (χ1) is 11.1. The predicted molar refractivity (Wildman–Crippen MR) is 116 cm³/mol. The van der Waals surface area contributed by atoms with Crippen molar-refractivity contribution in [1.82, 2.24) is 0 Å². The molecule has 0 unspecified atom stereocenters. The van der Waals surface area contributed by atoms with E-state index in [-0.39, 0.29) is 0 Å². The summed E-state index contributed by atoms with van der Waals surface area (Å²) in [7, 11) is 0. The first-order valence-corrected chi connectivity index (χ1v) is 22.2. The van der Waals surface area contributed by atoms with Crippen LogP contribution >= 0.6 is 0 Å². The molecular weight excluding hydrogens is 458 g/mol. The Morgan fingerprint density at radius 1 is 0.522 bits per heavy atom. The van der Waals surface area contributed by atoms with Crippen LogP contribution in [0.15, 0.2) is 24.3 Å². The van der Waals surface area contributed by atoms with Gasteiger partial charge >= 0.3 is 161 Å². The van der Waals surface area contributed by atoms with Gasteiger partial charge in [-0.05, 0) is 0 Å². The van der Waals surface area contributed by atoms with Crippen LogP contribution in [-0.4, -0.2) is 43.0 Å². The second-order valence-corrected chi connectivity index (χ2v) is 26.8. The summed E-state index contributed by atoms with van der Waals surface area (Å²) >= 11 is -2.24. The fourth-order valence-corrected chi connectivity index (χ4v) is 18.7. The molecule has 0 amide bonds. The third-order valence-corrected chi connectivity index (χ3v) is 24.5. The molecule has 0 aliphatic heterocycles. The fraction of sp³-hybridized carbons (Fsp3) is 0.700. The Morgan fingerprint density at radius 2 is 0.826 bits per heavy atom. The van der Waals surface area contributed by atoms with E-state index in [9.17, 15) is 0 Å². The summed E-state index contributed by atoms with van der Waals surface area (Å²) in [5.74, 6) is 0. The minimum atomic E-state index is -0.916. The van der Waals surface area contributed by atoms with Crippen LogP contribution in [0, 0.1) is 0 Å². The van der Waals surface area contributed by atoms with Crippen molar-refractivity contribution >= 4 is 51.8 Å². The van der Waals surface area contributed by atoms with Gasteiger partial charge in [0.1, 0.15) is 0 Å². The quantitative estimate of drug-likeness (QED) is 0.384. The second-order valence-electron chi connectivity index (χ2n) is 5.98. The van der Waals surface area contributed by atoms with Crippen LogP contribution in [0.2, 0.25) is 36.8 Å². The third kappa shape index (κ3) is 8.67. The molecule has 0 aromatic heterocycles. The average Bonchev–Trinajstić information content (AvgIpc) is 2.60. The van der Waals surface area contributed by atoms with E-state index in [1.165, 1.54) is 36.8 Å². The topological polar surface area (TPSA) is 0 Å². The van der Waals surface area contributed by atoms with Gasteiger partial charge in [0.2, 0.25) is 0 Å². The Kier molecular flexibility index (Phi) is 15.7. The summed E-state index contributed by atoms with van der Waals surface area (Å²) in [4.78, 5) is 0. The molecule has 1 aromatic carbocycles. The Balaban J connectivity index is 0.000000585. The van der Waals surface area contributed by atoms with E-state index >= 15 is 0 Å². The molecular formula is C20H39Ge3. The number of hydrogen-bond acceptors (Lipinski definition) is 0. The predicted octanol–water partition coefficient (Wildman–Crippen LogP) is 5.71. The maximum atomic E-state index is 2.45. The molecule has 0 fully saturated rings. The average molecular weight is 497 g/mol. The molecule has 0 aliphatic carbocycles. The van der Waals surface area contributed by atoms with Crippen molar-refractivity contribution in [3.63, 3.8) is 0 Å². The zero-order chi connectivity index (χ0) is 17.7. The fourth-order valence-electron chi connectivity index (χ4n) is 3.11. The molecule has 0 nitrogen and oxygen atoms in total. The molecule has 3 radical (unpaired) electrons. The van der Waals surface area contributed by atoms with Crippen molar-refractivity contribution in [2.45, 2.75) is 85.2 Å². The van der Waals surface area contributed by atoms with E-state index in [2.05, 4.69) is 72.7 Å². The molecule has 0 saturated heterocycles. The summed E-state index contributed by atoms with van der Waals surface area (Å²) in [5, 5.41) is 10.4. The first kappa shape index (κ1) is 23.8. The van der Waals surface area contributed by atoms with Gasteiger partial charge < -0.3 is 0 Å². The van der Waals surface area contributed by atoms with Gasteiger partial charge in [0, 0.05) is 0 Å². The number of hydrogen-bond donors (Lipinski definition) is 0. The van der Waals surface area contributed by atoms with Gasteiger partial charge in [-0.15, -0.1) is 0 Å². The van der Waals surface area contributed by atoms with Gasteiger partial charge in [0.25, 0.3) is 0 Å². The summed E-state index contributed by atoms with van der Waals surface area (Å²) < 4.78 is 3.68. The van der Waals surface area contributed by atoms with Gasteiger partial charge in [-0.25, -0.2) is 0 Å². The Hall–Kier alpha value is 0.849. The van der Waals surface area contributed by atoms with E-state index in [0.29, 0.717) is 0 Å². The monoisotopic (exact) mass is 501 g/mol. The standard InChI is InChI=1S/C14H24Ge2.C6H15Ge/c1-5-15(6-2)13-11-9-10-12-14(13)16(7-3)8-4;1-4-7(5-2)6-3/h9-12H,5-8H2,1-4H3;4-6H2,1-3H3. The van der Waals surface area contributed by atoms with Gasteiger partial charge in [-0.1, -0.05) is 0 Å². The van der Waals surface area contributed by atoms with Crippen LogP contribution in [0.5, 0.6) is 0 Å². The maximum absolute atomic E-state index is 2.45. The van der Waals surface area contributed by atoms with Crippen molar-refractivity contribution in [3.8, 4) is 0 Å². The molecule has 3 heteroatoms. The number of benzene rings is 1. The number of rotatable bonds is 9. The molecule has 0 atom stereocenters. The van der Waals surface area contributed by atoms with Crippen LogP contribution in [0.1, 0.15) is 48.5 Å². The Labute approximate surface area is 160 Å². The SMILES string of the molecule is C[CH2][Ge]([CH2]C)[CH2]C.C[CH2][Ge]([CH2]C)[c]1cccc[c]1[Ge]([CH2]C)[CH2]C. The van der Waals surface area contributed by atoms with Crippen LogP contribution < -0.4 is 8.79 Å². The third-order valence-electron chi connectivity index (χ3n) is 4.90. The van der Waals surface area contributed by atoms with Crippen LogP contribution in [0.25, 0.3) is 0 Å². The molecule has 1 rings (SSSR count). The summed E-state index contributed by atoms with van der Waals surface area (Å²) in [6, 6.07) is 9.43. The van der Waals surface area contributed by atoms with E-state index in [0.717, 1.165) is 0 Å². The molecule has 0 aliphatic rings. The Morgan fingerprint density at radius 3 is 1.00 bits per heavy atom. The normalized spacial score (nSPS) is 11.0. The second kappa shape index (κ2) is 15.1. The molecule has 0 N–H and O–H groups in total. The van der Waals surface area contributed by atoms with E-state index in [1.807, 2.05) is 8.79 Å². The summed E-state index contributed by atoms with van der Waals surface area (Å²) in [6.07, 6.45) is 0. The van der Waals surface area contributed by atoms with Crippen LogP contribution in [0.3, 0.4) is 0 Å². The first-order valence-electron chi connectivity index (χ1n) is 9.75. The Bertz CT molecular complexity index is 344. The molecule has 0 bridgehead atoms. The van der Waals surface area contributed by atoms with Gasteiger partial charge in [0.05, 0.1) is 0 Å². The summed E-state index contributed by atoms with van der Waals surface area (Å²) in [5.41, 5.74) is 0. The van der Waals surface area contributed by atoms with Crippen molar-refractivity contribution in [2.75, 3.05) is 0 Å².